The summed E-state index contributed by atoms with van der Waals surface area (Å²) in [5.74, 6) is -0.535. The summed E-state index contributed by atoms with van der Waals surface area (Å²) in [6.45, 7) is 3.48. The van der Waals surface area contributed by atoms with Gasteiger partial charge in [0.25, 0.3) is 5.69 Å². The van der Waals surface area contributed by atoms with E-state index < -0.39 is 10.7 Å². The fraction of sp³-hybridized carbons (Fsp3) is 0.200. The Morgan fingerprint density at radius 1 is 1.33 bits per heavy atom. The van der Waals surface area contributed by atoms with Gasteiger partial charge in [-0.15, -0.1) is 0 Å². The smallest absolute Gasteiger partial charge is 0.272 e. The largest absolute Gasteiger partial charge is 0.376 e. The third kappa shape index (κ3) is 3.31. The molecule has 1 N–H and O–H groups in total. The molecule has 2 rings (SSSR count). The highest BCUT2D eigenvalue weighted by atomic mass is 35.5. The number of benzene rings is 2. The second-order valence-corrected chi connectivity index (χ2v) is 5.18. The van der Waals surface area contributed by atoms with Crippen LogP contribution >= 0.6 is 11.6 Å². The van der Waals surface area contributed by atoms with Gasteiger partial charge in [0.1, 0.15) is 0 Å². The zero-order valence-electron chi connectivity index (χ0n) is 11.6. The molecule has 0 amide bonds. The van der Waals surface area contributed by atoms with Crippen molar-refractivity contribution in [3.05, 3.63) is 68.5 Å². The van der Waals surface area contributed by atoms with Gasteiger partial charge in [-0.1, -0.05) is 29.8 Å². The first kappa shape index (κ1) is 15.3. The molecule has 2 aromatic carbocycles. The monoisotopic (exact) mass is 308 g/mol. The topological polar surface area (TPSA) is 55.2 Å². The summed E-state index contributed by atoms with van der Waals surface area (Å²) in [4.78, 5) is 10.5. The van der Waals surface area contributed by atoms with E-state index >= 15 is 0 Å². The van der Waals surface area contributed by atoms with Crippen LogP contribution in [-0.2, 0) is 0 Å². The molecule has 0 bridgehead atoms. The highest BCUT2D eigenvalue weighted by molar-refractivity contribution is 6.31. The Hall–Kier alpha value is -2.14. The van der Waals surface area contributed by atoms with E-state index in [4.69, 9.17) is 11.6 Å². The number of rotatable bonds is 4. The highest BCUT2D eigenvalue weighted by Crippen LogP contribution is 2.28. The van der Waals surface area contributed by atoms with E-state index in [-0.39, 0.29) is 22.4 Å². The zero-order valence-corrected chi connectivity index (χ0v) is 12.3. The summed E-state index contributed by atoms with van der Waals surface area (Å²) >= 11 is 5.73. The van der Waals surface area contributed by atoms with Crippen molar-refractivity contribution >= 4 is 23.0 Å². The van der Waals surface area contributed by atoms with Crippen molar-refractivity contribution in [2.24, 2.45) is 0 Å². The third-order valence-corrected chi connectivity index (χ3v) is 3.55. The molecule has 6 heteroatoms. The average Bonchev–Trinajstić information content (AvgIpc) is 2.44. The molecule has 0 saturated heterocycles. The van der Waals surface area contributed by atoms with Crippen molar-refractivity contribution in [1.29, 1.82) is 0 Å². The van der Waals surface area contributed by atoms with Crippen LogP contribution in [0.15, 0.2) is 36.4 Å². The molecule has 1 atom stereocenters. The first-order chi connectivity index (χ1) is 9.90. The van der Waals surface area contributed by atoms with Crippen LogP contribution in [0.3, 0.4) is 0 Å². The van der Waals surface area contributed by atoms with Crippen LogP contribution in [0, 0.1) is 22.9 Å². The van der Waals surface area contributed by atoms with Crippen LogP contribution in [0.1, 0.15) is 24.1 Å². The van der Waals surface area contributed by atoms with Gasteiger partial charge < -0.3 is 5.32 Å². The van der Waals surface area contributed by atoms with Gasteiger partial charge in [0, 0.05) is 17.7 Å². The molecule has 0 aliphatic carbocycles. The van der Waals surface area contributed by atoms with E-state index in [0.29, 0.717) is 11.1 Å². The predicted octanol–water partition coefficient (Wildman–Crippen LogP) is 4.87. The van der Waals surface area contributed by atoms with Crippen molar-refractivity contribution in [1.82, 2.24) is 0 Å². The summed E-state index contributed by atoms with van der Waals surface area (Å²) in [6.07, 6.45) is 0. The summed E-state index contributed by atoms with van der Waals surface area (Å²) in [7, 11) is 0. The van der Waals surface area contributed by atoms with E-state index in [1.807, 2.05) is 0 Å². The molecular formula is C15H14ClFN2O2. The van der Waals surface area contributed by atoms with Crippen LogP contribution < -0.4 is 5.32 Å². The van der Waals surface area contributed by atoms with Gasteiger partial charge >= 0.3 is 0 Å². The first-order valence-corrected chi connectivity index (χ1v) is 6.73. The molecule has 110 valence electrons. The number of nitrogens with zero attached hydrogens (tertiary/aromatic N) is 1. The lowest BCUT2D eigenvalue weighted by Crippen LogP contribution is -2.08. The molecule has 0 aliphatic rings. The molecule has 0 aliphatic heterocycles. The van der Waals surface area contributed by atoms with E-state index in [9.17, 15) is 14.5 Å². The van der Waals surface area contributed by atoms with Gasteiger partial charge in [0.2, 0.25) is 0 Å². The molecule has 0 saturated carbocycles. The predicted molar refractivity (Wildman–Crippen MR) is 81.3 cm³/mol. The van der Waals surface area contributed by atoms with Gasteiger partial charge in [0.15, 0.2) is 5.82 Å². The lowest BCUT2D eigenvalue weighted by molar-refractivity contribution is -0.385. The Kier molecular flexibility index (Phi) is 4.43. The number of nitrogens with one attached hydrogen (secondary N) is 1. The molecule has 0 spiro atoms. The van der Waals surface area contributed by atoms with Crippen LogP contribution in [0.4, 0.5) is 15.8 Å². The van der Waals surface area contributed by atoms with Crippen LogP contribution in [0.2, 0.25) is 5.02 Å². The second kappa shape index (κ2) is 6.10. The van der Waals surface area contributed by atoms with Crippen LogP contribution in [-0.4, -0.2) is 4.92 Å². The van der Waals surface area contributed by atoms with Crippen molar-refractivity contribution < 1.29 is 9.31 Å². The van der Waals surface area contributed by atoms with E-state index in [1.54, 1.807) is 38.1 Å². The Morgan fingerprint density at radius 3 is 2.71 bits per heavy atom. The van der Waals surface area contributed by atoms with Gasteiger partial charge in [-0.3, -0.25) is 10.1 Å². The molecule has 4 nitrogen and oxygen atoms in total. The standard InChI is InChI=1S/C15H14ClFN2O2/c1-9-6-7-11(8-14(9)19(20)21)10(2)18-13-5-3-4-12(16)15(13)17/h3-8,10,18H,1-2H3. The molecule has 0 radical (unpaired) electrons. The maximum absolute atomic E-state index is 13.8. The van der Waals surface area contributed by atoms with Crippen molar-refractivity contribution in [3.63, 3.8) is 0 Å². The molecule has 0 aromatic heterocycles. The Labute approximate surface area is 126 Å². The maximum Gasteiger partial charge on any atom is 0.272 e. The lowest BCUT2D eigenvalue weighted by atomic mass is 10.0. The van der Waals surface area contributed by atoms with Crippen LogP contribution in [0.5, 0.6) is 0 Å². The van der Waals surface area contributed by atoms with Gasteiger partial charge in [-0.25, -0.2) is 4.39 Å². The molecule has 0 fully saturated rings. The molecule has 2 aromatic rings. The number of halogens is 2. The third-order valence-electron chi connectivity index (χ3n) is 3.25. The number of nitro groups is 1. The summed E-state index contributed by atoms with van der Waals surface area (Å²) in [5.41, 5.74) is 1.60. The molecule has 1 unspecified atom stereocenters. The number of hydrogen-bond donors (Lipinski definition) is 1. The molecule has 0 heterocycles. The van der Waals surface area contributed by atoms with Gasteiger partial charge in [0.05, 0.1) is 15.6 Å². The zero-order chi connectivity index (χ0) is 15.6. The van der Waals surface area contributed by atoms with Crippen molar-refractivity contribution in [2.75, 3.05) is 5.32 Å². The van der Waals surface area contributed by atoms with E-state index in [2.05, 4.69) is 5.32 Å². The normalized spacial score (nSPS) is 12.0. The fourth-order valence-corrected chi connectivity index (χ4v) is 2.20. The highest BCUT2D eigenvalue weighted by Gasteiger charge is 2.15. The average molecular weight is 309 g/mol. The van der Waals surface area contributed by atoms with Crippen LogP contribution in [0.25, 0.3) is 0 Å². The Bertz CT molecular complexity index is 691. The molecular weight excluding hydrogens is 295 g/mol. The van der Waals surface area contributed by atoms with Gasteiger partial charge in [-0.05, 0) is 31.5 Å². The Morgan fingerprint density at radius 2 is 2.05 bits per heavy atom. The maximum atomic E-state index is 13.8. The van der Waals surface area contributed by atoms with Gasteiger partial charge in [-0.2, -0.15) is 0 Å². The number of aryl methyl sites for hydroxylation is 1. The van der Waals surface area contributed by atoms with E-state index in [0.717, 1.165) is 0 Å². The minimum atomic E-state index is -0.535. The van der Waals surface area contributed by atoms with Crippen molar-refractivity contribution in [2.45, 2.75) is 19.9 Å². The molecule has 21 heavy (non-hydrogen) atoms. The summed E-state index contributed by atoms with van der Waals surface area (Å²) in [6, 6.07) is 9.33. The lowest BCUT2D eigenvalue weighted by Gasteiger charge is -2.17. The van der Waals surface area contributed by atoms with Crippen molar-refractivity contribution in [3.8, 4) is 0 Å². The van der Waals surface area contributed by atoms with E-state index in [1.165, 1.54) is 12.1 Å². The number of nitro benzene ring substituents is 1. The fourth-order valence-electron chi connectivity index (χ4n) is 2.02. The number of anilines is 1. The second-order valence-electron chi connectivity index (χ2n) is 4.77. The minimum absolute atomic E-state index is 0.0297. The summed E-state index contributed by atoms with van der Waals surface area (Å²) in [5, 5.41) is 14.0. The summed E-state index contributed by atoms with van der Waals surface area (Å²) < 4.78 is 13.8. The number of hydrogen-bond acceptors (Lipinski definition) is 3. The SMILES string of the molecule is Cc1ccc(C(C)Nc2cccc(Cl)c2F)cc1[N+](=O)[O-]. The quantitative estimate of drug-likeness (QED) is 0.647. The first-order valence-electron chi connectivity index (χ1n) is 6.35. The minimum Gasteiger partial charge on any atom is -0.376 e. The Balaban J connectivity index is 2.28.